The van der Waals surface area contributed by atoms with Crippen LogP contribution in [0.25, 0.3) is 0 Å². The molecule has 0 unspecified atom stereocenters. The molecule has 0 spiro atoms. The van der Waals surface area contributed by atoms with Gasteiger partial charge >= 0.3 is 0 Å². The maximum absolute atomic E-state index is 12.3. The number of thioether (sulfide) groups is 1. The van der Waals surface area contributed by atoms with Crippen LogP contribution < -0.4 is 5.32 Å². The molecule has 1 N–H and O–H groups in total. The number of nitrogens with one attached hydrogen (secondary N) is 1. The standard InChI is InChI=1S/C12H12Cl3NO2S/c1-11(14)12(15,19-7-6-18-11)10(17)16-9-4-2-8(13)3-5-9/h2-5H,6-7H2,1H3,(H,16,17)/t11-,12-/m1/s1. The van der Waals surface area contributed by atoms with Crippen molar-refractivity contribution in [1.82, 2.24) is 0 Å². The number of amides is 1. The number of benzene rings is 1. The molecule has 0 radical (unpaired) electrons. The largest absolute Gasteiger partial charge is 0.356 e. The summed E-state index contributed by atoms with van der Waals surface area (Å²) in [4.78, 5) is 12.3. The third kappa shape index (κ3) is 3.14. The van der Waals surface area contributed by atoms with Crippen molar-refractivity contribution in [2.75, 3.05) is 17.7 Å². The molecule has 7 heteroatoms. The van der Waals surface area contributed by atoms with Crippen LogP contribution in [0.15, 0.2) is 24.3 Å². The van der Waals surface area contributed by atoms with Crippen LogP contribution in [0.4, 0.5) is 5.69 Å². The van der Waals surface area contributed by atoms with Gasteiger partial charge in [-0.25, -0.2) is 0 Å². The minimum absolute atomic E-state index is 0.404. The lowest BCUT2D eigenvalue weighted by Gasteiger charge is -2.41. The van der Waals surface area contributed by atoms with Crippen LogP contribution in [-0.2, 0) is 9.53 Å². The molecule has 1 fully saturated rings. The molecule has 1 aromatic carbocycles. The second-order valence-corrected chi connectivity index (χ2v) is 7.43. The quantitative estimate of drug-likeness (QED) is 0.829. The molecule has 0 bridgehead atoms. The van der Waals surface area contributed by atoms with Gasteiger partial charge in [-0.3, -0.25) is 4.79 Å². The number of carbonyl (C=O) groups excluding carboxylic acids is 1. The Kier molecular flexibility index (Phi) is 4.58. The van der Waals surface area contributed by atoms with E-state index < -0.39 is 15.2 Å². The predicted molar refractivity (Wildman–Crippen MR) is 81.3 cm³/mol. The third-order valence-corrected chi connectivity index (χ3v) is 5.78. The van der Waals surface area contributed by atoms with E-state index in [-0.39, 0.29) is 0 Å². The highest BCUT2D eigenvalue weighted by Crippen LogP contribution is 2.48. The lowest BCUT2D eigenvalue weighted by molar-refractivity contribution is -0.120. The van der Waals surface area contributed by atoms with E-state index in [1.165, 1.54) is 11.8 Å². The third-order valence-electron chi connectivity index (χ3n) is 2.73. The van der Waals surface area contributed by atoms with E-state index in [9.17, 15) is 4.79 Å². The summed E-state index contributed by atoms with van der Waals surface area (Å²) in [5.74, 6) is 0.207. The molecule has 1 aliphatic rings. The first kappa shape index (κ1) is 15.3. The maximum Gasteiger partial charge on any atom is 0.260 e. The summed E-state index contributed by atoms with van der Waals surface area (Å²) in [6, 6.07) is 6.76. The smallest absolute Gasteiger partial charge is 0.260 e. The monoisotopic (exact) mass is 339 g/mol. The summed E-state index contributed by atoms with van der Waals surface area (Å²) in [6.07, 6.45) is 0. The Morgan fingerprint density at radius 1 is 1.37 bits per heavy atom. The SMILES string of the molecule is C[C@@]1(Cl)OCCS[C@]1(Cl)C(=O)Nc1ccc(Cl)cc1. The Labute approximate surface area is 130 Å². The first-order chi connectivity index (χ1) is 8.85. The van der Waals surface area contributed by atoms with E-state index in [1.54, 1.807) is 31.2 Å². The first-order valence-corrected chi connectivity index (χ1v) is 7.70. The molecule has 1 aromatic rings. The molecule has 1 amide bonds. The molecule has 2 atom stereocenters. The predicted octanol–water partition coefficient (Wildman–Crippen LogP) is 3.93. The lowest BCUT2D eigenvalue weighted by atomic mass is 10.2. The summed E-state index contributed by atoms with van der Waals surface area (Å²) >= 11 is 19.6. The average Bonchev–Trinajstić information content (AvgIpc) is 2.35. The molecule has 2 rings (SSSR count). The van der Waals surface area contributed by atoms with Crippen molar-refractivity contribution in [2.45, 2.75) is 16.2 Å². The van der Waals surface area contributed by atoms with Crippen LogP contribution in [-0.4, -0.2) is 27.5 Å². The second kappa shape index (κ2) is 5.70. The zero-order valence-corrected chi connectivity index (χ0v) is 13.2. The average molecular weight is 341 g/mol. The fourth-order valence-electron chi connectivity index (χ4n) is 1.65. The molecule has 1 aliphatic heterocycles. The number of hydrogen-bond acceptors (Lipinski definition) is 3. The maximum atomic E-state index is 12.3. The van der Waals surface area contributed by atoms with E-state index in [2.05, 4.69) is 5.32 Å². The van der Waals surface area contributed by atoms with Gasteiger partial charge in [-0.1, -0.05) is 34.8 Å². The van der Waals surface area contributed by atoms with Gasteiger partial charge in [0, 0.05) is 16.5 Å². The Bertz CT molecular complexity index is 480. The highest BCUT2D eigenvalue weighted by molar-refractivity contribution is 8.03. The van der Waals surface area contributed by atoms with Gasteiger partial charge in [-0.2, -0.15) is 0 Å². The number of anilines is 1. The van der Waals surface area contributed by atoms with Crippen molar-refractivity contribution in [3.8, 4) is 0 Å². The Hall–Kier alpha value is -0.130. The van der Waals surface area contributed by atoms with Gasteiger partial charge in [0.2, 0.25) is 4.21 Å². The number of alkyl halides is 2. The number of carbonyl (C=O) groups is 1. The van der Waals surface area contributed by atoms with Gasteiger partial charge < -0.3 is 10.1 Å². The molecule has 0 saturated carbocycles. The van der Waals surface area contributed by atoms with Crippen molar-refractivity contribution < 1.29 is 9.53 Å². The number of ether oxygens (including phenoxy) is 1. The zero-order chi connectivity index (χ0) is 14.1. The molecule has 0 aliphatic carbocycles. The van der Waals surface area contributed by atoms with E-state index >= 15 is 0 Å². The molecule has 0 aromatic heterocycles. The number of halogens is 3. The van der Waals surface area contributed by atoms with Gasteiger partial charge in [0.05, 0.1) is 6.61 Å². The summed E-state index contributed by atoms with van der Waals surface area (Å²) < 4.78 is 4.02. The Morgan fingerprint density at radius 3 is 2.58 bits per heavy atom. The van der Waals surface area contributed by atoms with Gasteiger partial charge in [-0.15, -0.1) is 11.8 Å². The molecule has 1 saturated heterocycles. The first-order valence-electron chi connectivity index (χ1n) is 5.58. The van der Waals surface area contributed by atoms with Crippen LogP contribution in [0.3, 0.4) is 0 Å². The fraction of sp³-hybridized carbons (Fsp3) is 0.417. The second-order valence-electron chi connectivity index (χ2n) is 4.17. The molecular formula is C12H12Cl3NO2S. The van der Waals surface area contributed by atoms with Crippen molar-refractivity contribution >= 4 is 58.2 Å². The molecule has 1 heterocycles. The van der Waals surface area contributed by atoms with Crippen LogP contribution in [0.5, 0.6) is 0 Å². The Balaban J connectivity index is 2.16. The van der Waals surface area contributed by atoms with Gasteiger partial charge in [0.25, 0.3) is 5.91 Å². The van der Waals surface area contributed by atoms with Gasteiger partial charge in [-0.05, 0) is 31.2 Å². The lowest BCUT2D eigenvalue weighted by Crippen LogP contribution is -2.54. The number of rotatable bonds is 2. The van der Waals surface area contributed by atoms with Crippen molar-refractivity contribution in [2.24, 2.45) is 0 Å². The van der Waals surface area contributed by atoms with Crippen LogP contribution >= 0.6 is 46.6 Å². The molecule has 19 heavy (non-hydrogen) atoms. The van der Waals surface area contributed by atoms with Crippen LogP contribution in [0.2, 0.25) is 5.02 Å². The Morgan fingerprint density at radius 2 is 2.00 bits per heavy atom. The summed E-state index contributed by atoms with van der Waals surface area (Å²) in [6.45, 7) is 2.06. The van der Waals surface area contributed by atoms with Crippen molar-refractivity contribution in [3.63, 3.8) is 0 Å². The highest BCUT2D eigenvalue weighted by Gasteiger charge is 2.55. The minimum Gasteiger partial charge on any atom is -0.356 e. The summed E-state index contributed by atoms with van der Waals surface area (Å²) in [7, 11) is 0. The van der Waals surface area contributed by atoms with Crippen molar-refractivity contribution in [3.05, 3.63) is 29.3 Å². The fourth-order valence-corrected chi connectivity index (χ4v) is 3.38. The van der Waals surface area contributed by atoms with Gasteiger partial charge in [0.15, 0.2) is 5.06 Å². The van der Waals surface area contributed by atoms with E-state index in [1.807, 2.05) is 0 Å². The van der Waals surface area contributed by atoms with E-state index in [0.29, 0.717) is 23.1 Å². The topological polar surface area (TPSA) is 38.3 Å². The number of hydrogen-bond donors (Lipinski definition) is 1. The molecular weight excluding hydrogens is 329 g/mol. The van der Waals surface area contributed by atoms with Crippen LogP contribution in [0.1, 0.15) is 6.92 Å². The summed E-state index contributed by atoms with van der Waals surface area (Å²) in [5, 5.41) is 2.06. The van der Waals surface area contributed by atoms with E-state index in [4.69, 9.17) is 39.5 Å². The molecule has 3 nitrogen and oxygen atoms in total. The highest BCUT2D eigenvalue weighted by atomic mass is 35.5. The normalized spacial score (nSPS) is 30.9. The summed E-state index contributed by atoms with van der Waals surface area (Å²) in [5.41, 5.74) is 0.605. The van der Waals surface area contributed by atoms with Gasteiger partial charge in [0.1, 0.15) is 0 Å². The minimum atomic E-state index is -1.37. The molecule has 104 valence electrons. The van der Waals surface area contributed by atoms with Crippen molar-refractivity contribution in [1.29, 1.82) is 0 Å². The zero-order valence-electron chi connectivity index (χ0n) is 10.1. The van der Waals surface area contributed by atoms with Crippen LogP contribution in [0, 0.1) is 0 Å². The van der Waals surface area contributed by atoms with E-state index in [0.717, 1.165) is 0 Å².